The number of carbonyl (C=O) groups is 1. The van der Waals surface area contributed by atoms with Crippen LogP contribution in [-0.4, -0.2) is 25.4 Å². The highest BCUT2D eigenvalue weighted by Crippen LogP contribution is 2.27. The van der Waals surface area contributed by atoms with Crippen molar-refractivity contribution in [1.82, 2.24) is 10.9 Å². The van der Waals surface area contributed by atoms with Gasteiger partial charge >= 0.3 is 6.09 Å². The number of hydrogen-bond acceptors (Lipinski definition) is 5. The molecule has 0 atom stereocenters. The highest BCUT2D eigenvalue weighted by atomic mass is 16.6. The molecule has 1 amide bonds. The van der Waals surface area contributed by atoms with Crippen LogP contribution in [0.3, 0.4) is 0 Å². The molecule has 0 aliphatic rings. The van der Waals surface area contributed by atoms with Crippen LogP contribution in [0.2, 0.25) is 0 Å². The number of hydrazine groups is 1. The fraction of sp³-hybridized carbons (Fsp3) is 0.533. The van der Waals surface area contributed by atoms with Gasteiger partial charge < -0.3 is 14.2 Å². The molecule has 0 fully saturated rings. The molecule has 0 aliphatic carbocycles. The Labute approximate surface area is 125 Å². The average molecular weight is 296 g/mol. The fourth-order valence-electron chi connectivity index (χ4n) is 1.62. The number of methoxy groups -OCH3 is 1. The van der Waals surface area contributed by atoms with Gasteiger partial charge in [-0.1, -0.05) is 6.07 Å². The van der Waals surface area contributed by atoms with Crippen LogP contribution in [0.1, 0.15) is 33.3 Å². The molecule has 0 unspecified atom stereocenters. The molecule has 0 bridgehead atoms. The zero-order valence-electron chi connectivity index (χ0n) is 13.3. The summed E-state index contributed by atoms with van der Waals surface area (Å²) in [6, 6.07) is 5.59. The molecule has 6 nitrogen and oxygen atoms in total. The summed E-state index contributed by atoms with van der Waals surface area (Å²) < 4.78 is 15.8. The van der Waals surface area contributed by atoms with Crippen molar-refractivity contribution in [2.24, 2.45) is 0 Å². The second-order valence-corrected chi connectivity index (χ2v) is 5.40. The molecule has 0 aliphatic heterocycles. The molecule has 1 aromatic carbocycles. The summed E-state index contributed by atoms with van der Waals surface area (Å²) in [4.78, 5) is 11.5. The normalized spacial score (nSPS) is 10.9. The van der Waals surface area contributed by atoms with Crippen molar-refractivity contribution < 1.29 is 19.0 Å². The minimum atomic E-state index is -0.520. The molecule has 1 rings (SSSR count). The van der Waals surface area contributed by atoms with Gasteiger partial charge in [-0.25, -0.2) is 10.2 Å². The summed E-state index contributed by atoms with van der Waals surface area (Å²) in [5.74, 6) is 1.36. The predicted octanol–water partition coefficient (Wildman–Crippen LogP) is 2.62. The van der Waals surface area contributed by atoms with Crippen LogP contribution < -0.4 is 20.3 Å². The number of rotatable bonds is 6. The van der Waals surface area contributed by atoms with E-state index in [4.69, 9.17) is 14.2 Å². The van der Waals surface area contributed by atoms with Crippen LogP contribution in [0.25, 0.3) is 0 Å². The van der Waals surface area contributed by atoms with E-state index in [0.717, 1.165) is 5.56 Å². The first-order valence-electron chi connectivity index (χ1n) is 6.87. The van der Waals surface area contributed by atoms with E-state index in [1.54, 1.807) is 7.11 Å². The number of carbonyl (C=O) groups excluding carboxylic acids is 1. The van der Waals surface area contributed by atoms with Gasteiger partial charge in [0.05, 0.1) is 13.7 Å². The van der Waals surface area contributed by atoms with Crippen LogP contribution in [0, 0.1) is 0 Å². The first-order chi connectivity index (χ1) is 9.85. The van der Waals surface area contributed by atoms with Crippen molar-refractivity contribution in [2.45, 2.75) is 39.8 Å². The predicted molar refractivity (Wildman–Crippen MR) is 80.4 cm³/mol. The molecule has 118 valence electrons. The van der Waals surface area contributed by atoms with Crippen molar-refractivity contribution in [2.75, 3.05) is 13.7 Å². The van der Waals surface area contributed by atoms with Gasteiger partial charge in [-0.05, 0) is 45.4 Å². The number of hydrogen-bond donors (Lipinski definition) is 2. The lowest BCUT2D eigenvalue weighted by atomic mass is 10.2. The molecule has 0 saturated carbocycles. The van der Waals surface area contributed by atoms with Gasteiger partial charge in [-0.3, -0.25) is 5.43 Å². The zero-order valence-corrected chi connectivity index (χ0v) is 13.3. The number of amides is 1. The first-order valence-corrected chi connectivity index (χ1v) is 6.87. The van der Waals surface area contributed by atoms with Crippen molar-refractivity contribution in [3.05, 3.63) is 23.8 Å². The van der Waals surface area contributed by atoms with E-state index >= 15 is 0 Å². The molecule has 0 spiro atoms. The van der Waals surface area contributed by atoms with E-state index in [2.05, 4.69) is 10.9 Å². The molecular formula is C15H24N2O4. The zero-order chi connectivity index (χ0) is 15.9. The lowest BCUT2D eigenvalue weighted by Crippen LogP contribution is -2.40. The molecule has 1 aromatic rings. The van der Waals surface area contributed by atoms with Gasteiger partial charge in [0.15, 0.2) is 11.5 Å². The Bertz CT molecular complexity index is 469. The van der Waals surface area contributed by atoms with E-state index in [9.17, 15) is 4.79 Å². The van der Waals surface area contributed by atoms with E-state index in [1.807, 2.05) is 45.9 Å². The third kappa shape index (κ3) is 6.35. The molecule has 21 heavy (non-hydrogen) atoms. The summed E-state index contributed by atoms with van der Waals surface area (Å²) in [6.07, 6.45) is -0.513. The Morgan fingerprint density at radius 1 is 1.24 bits per heavy atom. The Morgan fingerprint density at radius 3 is 2.52 bits per heavy atom. The fourth-order valence-corrected chi connectivity index (χ4v) is 1.62. The third-order valence-electron chi connectivity index (χ3n) is 2.41. The molecule has 0 radical (unpaired) electrons. The summed E-state index contributed by atoms with van der Waals surface area (Å²) in [5.41, 5.74) is 5.73. The topological polar surface area (TPSA) is 68.8 Å². The Morgan fingerprint density at radius 2 is 1.95 bits per heavy atom. The van der Waals surface area contributed by atoms with Crippen LogP contribution in [0.4, 0.5) is 4.79 Å². The van der Waals surface area contributed by atoms with Crippen LogP contribution in [0.15, 0.2) is 18.2 Å². The second-order valence-electron chi connectivity index (χ2n) is 5.40. The quantitative estimate of drug-likeness (QED) is 0.790. The van der Waals surface area contributed by atoms with Crippen molar-refractivity contribution >= 4 is 6.09 Å². The number of ether oxygens (including phenoxy) is 3. The van der Waals surface area contributed by atoms with E-state index in [1.165, 1.54) is 0 Å². The number of benzene rings is 1. The highest BCUT2D eigenvalue weighted by Gasteiger charge is 2.15. The lowest BCUT2D eigenvalue weighted by molar-refractivity contribution is 0.0497. The maximum absolute atomic E-state index is 11.5. The number of nitrogens with one attached hydrogen (secondary N) is 2. The minimum absolute atomic E-state index is 0.448. The summed E-state index contributed by atoms with van der Waals surface area (Å²) in [7, 11) is 1.60. The Hall–Kier alpha value is -1.95. The smallest absolute Gasteiger partial charge is 0.422 e. The van der Waals surface area contributed by atoms with Crippen LogP contribution >= 0.6 is 0 Å². The largest absolute Gasteiger partial charge is 0.493 e. The molecule has 2 N–H and O–H groups in total. The standard InChI is InChI=1S/C15H24N2O4/c1-6-20-13-9-11(7-8-12(13)19-5)10-16-17-14(18)21-15(2,3)4/h7-9,16H,6,10H2,1-5H3,(H,17,18). The van der Waals surface area contributed by atoms with Crippen LogP contribution in [0.5, 0.6) is 11.5 Å². The molecular weight excluding hydrogens is 272 g/mol. The molecule has 0 saturated heterocycles. The van der Waals surface area contributed by atoms with Gasteiger partial charge in [0, 0.05) is 6.54 Å². The van der Waals surface area contributed by atoms with Gasteiger partial charge in [0.2, 0.25) is 0 Å². The van der Waals surface area contributed by atoms with E-state index < -0.39 is 11.7 Å². The molecule has 6 heteroatoms. The van der Waals surface area contributed by atoms with Gasteiger partial charge in [-0.15, -0.1) is 0 Å². The highest BCUT2D eigenvalue weighted by molar-refractivity contribution is 5.67. The first kappa shape index (κ1) is 17.1. The summed E-state index contributed by atoms with van der Waals surface area (Å²) >= 11 is 0. The van der Waals surface area contributed by atoms with Crippen molar-refractivity contribution in [3.63, 3.8) is 0 Å². The van der Waals surface area contributed by atoms with Gasteiger partial charge in [0.25, 0.3) is 0 Å². The van der Waals surface area contributed by atoms with Crippen LogP contribution in [-0.2, 0) is 11.3 Å². The maximum Gasteiger partial charge on any atom is 0.422 e. The average Bonchev–Trinajstić information content (AvgIpc) is 2.37. The maximum atomic E-state index is 11.5. The Balaban J connectivity index is 2.52. The lowest BCUT2D eigenvalue weighted by Gasteiger charge is -2.20. The van der Waals surface area contributed by atoms with Crippen molar-refractivity contribution in [3.8, 4) is 11.5 Å². The summed E-state index contributed by atoms with van der Waals surface area (Å²) in [6.45, 7) is 8.35. The Kier molecular flexibility index (Phi) is 6.30. The SMILES string of the molecule is CCOc1cc(CNNC(=O)OC(C)(C)C)ccc1OC. The van der Waals surface area contributed by atoms with Crippen molar-refractivity contribution in [1.29, 1.82) is 0 Å². The van der Waals surface area contributed by atoms with Gasteiger partial charge in [0.1, 0.15) is 5.60 Å². The van der Waals surface area contributed by atoms with E-state index in [-0.39, 0.29) is 0 Å². The molecule has 0 aromatic heterocycles. The summed E-state index contributed by atoms with van der Waals surface area (Å²) in [5, 5.41) is 0. The monoisotopic (exact) mass is 296 g/mol. The third-order valence-corrected chi connectivity index (χ3v) is 2.41. The van der Waals surface area contributed by atoms with Gasteiger partial charge in [-0.2, -0.15) is 0 Å². The minimum Gasteiger partial charge on any atom is -0.493 e. The molecule has 0 heterocycles. The second kappa shape index (κ2) is 7.73. The van der Waals surface area contributed by atoms with E-state index in [0.29, 0.717) is 24.7 Å².